The largest absolute Gasteiger partial charge is 0.496 e. The molecule has 0 unspecified atom stereocenters. The van der Waals surface area contributed by atoms with Crippen LogP contribution in [0.2, 0.25) is 0 Å². The minimum Gasteiger partial charge on any atom is -0.496 e. The van der Waals surface area contributed by atoms with Crippen molar-refractivity contribution in [2.75, 3.05) is 20.3 Å². The summed E-state index contributed by atoms with van der Waals surface area (Å²) in [5.41, 5.74) is 3.89. The van der Waals surface area contributed by atoms with Gasteiger partial charge in [-0.25, -0.2) is 0 Å². The Morgan fingerprint density at radius 2 is 1.79 bits per heavy atom. The van der Waals surface area contributed by atoms with Gasteiger partial charge in [0.2, 0.25) is 0 Å². The number of aliphatic hydroxyl groups excluding tert-OH is 1. The minimum atomic E-state index is -1.00. The van der Waals surface area contributed by atoms with Crippen LogP contribution in [0, 0.1) is 0 Å². The number of benzene rings is 3. The van der Waals surface area contributed by atoms with Crippen LogP contribution in [0.25, 0.3) is 10.8 Å². The van der Waals surface area contributed by atoms with E-state index in [0.29, 0.717) is 25.1 Å². The van der Waals surface area contributed by atoms with Crippen LogP contribution in [0.3, 0.4) is 0 Å². The van der Waals surface area contributed by atoms with E-state index >= 15 is 0 Å². The zero-order valence-corrected chi connectivity index (χ0v) is 21.8. The minimum absolute atomic E-state index is 0.0949. The topological polar surface area (TPSA) is 117 Å². The van der Waals surface area contributed by atoms with E-state index < -0.39 is 17.9 Å². The summed E-state index contributed by atoms with van der Waals surface area (Å²) in [6, 6.07) is 20.6. The molecule has 3 N–H and O–H groups in total. The van der Waals surface area contributed by atoms with E-state index in [2.05, 4.69) is 27.4 Å². The zero-order valence-electron chi connectivity index (χ0n) is 21.8. The van der Waals surface area contributed by atoms with Crippen molar-refractivity contribution in [1.29, 1.82) is 0 Å². The van der Waals surface area contributed by atoms with Crippen molar-refractivity contribution in [1.82, 2.24) is 20.0 Å². The Morgan fingerprint density at radius 3 is 2.51 bits per heavy atom. The van der Waals surface area contributed by atoms with Crippen LogP contribution in [0.15, 0.2) is 66.7 Å². The molecule has 0 radical (unpaired) electrons. The van der Waals surface area contributed by atoms with Crippen molar-refractivity contribution in [3.8, 4) is 5.75 Å². The molecule has 1 aromatic heterocycles. The molecule has 4 aromatic rings. The number of nitrogens with one attached hydrogen (secondary N) is 1. The number of aliphatic hydroxyl groups is 1. The number of aliphatic carboxylic acids is 1. The number of aromatic nitrogens is 2. The van der Waals surface area contributed by atoms with Crippen LogP contribution in [-0.4, -0.2) is 57.0 Å². The normalized spacial score (nSPS) is 14.1. The van der Waals surface area contributed by atoms with Crippen molar-refractivity contribution < 1.29 is 24.5 Å². The van der Waals surface area contributed by atoms with Gasteiger partial charge in [-0.1, -0.05) is 60.7 Å². The highest BCUT2D eigenvalue weighted by atomic mass is 16.5. The molecule has 0 saturated carbocycles. The lowest BCUT2D eigenvalue weighted by atomic mass is 10.00. The summed E-state index contributed by atoms with van der Waals surface area (Å²) in [5, 5.41) is 28.7. The molecule has 1 amide bonds. The van der Waals surface area contributed by atoms with Crippen molar-refractivity contribution in [2.24, 2.45) is 0 Å². The van der Waals surface area contributed by atoms with Gasteiger partial charge >= 0.3 is 5.97 Å². The van der Waals surface area contributed by atoms with Crippen LogP contribution in [0.5, 0.6) is 5.75 Å². The fourth-order valence-corrected chi connectivity index (χ4v) is 5.37. The molecule has 9 heteroatoms. The molecule has 0 fully saturated rings. The average molecular weight is 529 g/mol. The summed E-state index contributed by atoms with van der Waals surface area (Å²) < 4.78 is 7.26. The third kappa shape index (κ3) is 5.64. The molecule has 3 aromatic carbocycles. The van der Waals surface area contributed by atoms with Gasteiger partial charge in [0.1, 0.15) is 5.75 Å². The maximum Gasteiger partial charge on any atom is 0.305 e. The first-order valence-electron chi connectivity index (χ1n) is 13.0. The Bertz CT molecular complexity index is 1480. The van der Waals surface area contributed by atoms with Crippen molar-refractivity contribution in [3.05, 3.63) is 94.8 Å². The molecule has 0 bridgehead atoms. The van der Waals surface area contributed by atoms with Crippen molar-refractivity contribution in [3.63, 3.8) is 0 Å². The van der Waals surface area contributed by atoms with E-state index in [1.807, 2.05) is 42.5 Å². The number of hydrogen-bond acceptors (Lipinski definition) is 6. The molecule has 0 saturated heterocycles. The van der Waals surface area contributed by atoms with E-state index in [9.17, 15) is 19.8 Å². The quantitative estimate of drug-likeness (QED) is 0.288. The summed E-state index contributed by atoms with van der Waals surface area (Å²) in [4.78, 5) is 27.4. The SMILES string of the molecule is COc1ccc(CN2CCc3c(c(C(=O)N[C@H](CC(=O)O)c4ccccc4)nn3CCO)C2)c2ccccc12. The molecule has 39 heavy (non-hydrogen) atoms. The molecule has 202 valence electrons. The number of fused-ring (bicyclic) bond motifs is 2. The number of rotatable bonds is 10. The van der Waals surface area contributed by atoms with E-state index in [4.69, 9.17) is 4.74 Å². The van der Waals surface area contributed by atoms with Crippen LogP contribution in [0.1, 0.15) is 45.3 Å². The predicted molar refractivity (Wildman–Crippen MR) is 147 cm³/mol. The first-order chi connectivity index (χ1) is 19.0. The van der Waals surface area contributed by atoms with Crippen LogP contribution in [0.4, 0.5) is 0 Å². The number of amides is 1. The van der Waals surface area contributed by atoms with Gasteiger partial charge in [0, 0.05) is 42.7 Å². The summed E-state index contributed by atoms with van der Waals surface area (Å²) in [7, 11) is 1.67. The smallest absolute Gasteiger partial charge is 0.305 e. The van der Waals surface area contributed by atoms with E-state index in [1.54, 1.807) is 23.9 Å². The Hall–Kier alpha value is -4.21. The second kappa shape index (κ2) is 11.7. The molecule has 2 heterocycles. The molecule has 0 spiro atoms. The van der Waals surface area contributed by atoms with Crippen LogP contribution < -0.4 is 10.1 Å². The van der Waals surface area contributed by atoms with E-state index in [0.717, 1.165) is 39.9 Å². The first-order valence-corrected chi connectivity index (χ1v) is 13.0. The van der Waals surface area contributed by atoms with Gasteiger partial charge in [0.05, 0.1) is 32.7 Å². The summed E-state index contributed by atoms with van der Waals surface area (Å²) in [6.07, 6.45) is 0.437. The number of carboxylic acid groups (broad SMARTS) is 1. The fraction of sp³-hybridized carbons (Fsp3) is 0.300. The number of methoxy groups -OCH3 is 1. The summed E-state index contributed by atoms with van der Waals surface area (Å²) in [6.45, 7) is 2.16. The number of carbonyl (C=O) groups excluding carboxylic acids is 1. The Balaban J connectivity index is 1.42. The standard InChI is InChI=1S/C30H32N4O5/c1-39-27-12-11-21(22-9-5-6-10-23(22)27)18-33-14-13-26-24(19-33)29(32-34(26)15-16-35)30(38)31-25(17-28(36)37)20-7-3-2-4-8-20/h2-12,25,35H,13-19H2,1H3,(H,31,38)(H,36,37)/t25-/m1/s1. The number of carbonyl (C=O) groups is 2. The van der Waals surface area contributed by atoms with Crippen molar-refractivity contribution in [2.45, 2.75) is 38.5 Å². The lowest BCUT2D eigenvalue weighted by Gasteiger charge is -2.28. The Kier molecular flexibility index (Phi) is 7.90. The maximum absolute atomic E-state index is 13.5. The van der Waals surface area contributed by atoms with Gasteiger partial charge in [-0.2, -0.15) is 5.10 Å². The van der Waals surface area contributed by atoms with Gasteiger partial charge in [-0.05, 0) is 22.6 Å². The zero-order chi connectivity index (χ0) is 27.4. The third-order valence-electron chi connectivity index (χ3n) is 7.21. The molecular formula is C30H32N4O5. The molecule has 0 aliphatic carbocycles. The highest BCUT2D eigenvalue weighted by molar-refractivity contribution is 5.94. The van der Waals surface area contributed by atoms with E-state index in [-0.39, 0.29) is 25.3 Å². The lowest BCUT2D eigenvalue weighted by molar-refractivity contribution is -0.137. The van der Waals surface area contributed by atoms with Crippen LogP contribution >= 0.6 is 0 Å². The van der Waals surface area contributed by atoms with E-state index in [1.165, 1.54) is 0 Å². The first kappa shape index (κ1) is 26.4. The second-order valence-electron chi connectivity index (χ2n) is 9.69. The highest BCUT2D eigenvalue weighted by Gasteiger charge is 2.30. The molecule has 1 aliphatic rings. The molecular weight excluding hydrogens is 496 g/mol. The predicted octanol–water partition coefficient (Wildman–Crippen LogP) is 3.54. The second-order valence-corrected chi connectivity index (χ2v) is 9.69. The number of carboxylic acids is 1. The number of nitrogens with zero attached hydrogens (tertiary/aromatic N) is 3. The van der Waals surface area contributed by atoms with Crippen LogP contribution in [-0.2, 0) is 30.8 Å². The monoisotopic (exact) mass is 528 g/mol. The van der Waals surface area contributed by atoms with Crippen molar-refractivity contribution >= 4 is 22.6 Å². The molecule has 5 rings (SSSR count). The maximum atomic E-state index is 13.5. The number of ether oxygens (including phenoxy) is 1. The number of hydrogen-bond donors (Lipinski definition) is 3. The molecule has 1 aliphatic heterocycles. The Labute approximate surface area is 226 Å². The summed E-state index contributed by atoms with van der Waals surface area (Å²) >= 11 is 0. The van der Waals surface area contributed by atoms with Gasteiger partial charge in [0.15, 0.2) is 5.69 Å². The lowest BCUT2D eigenvalue weighted by Crippen LogP contribution is -2.34. The van der Waals surface area contributed by atoms with Gasteiger partial charge < -0.3 is 20.3 Å². The van der Waals surface area contributed by atoms with Gasteiger partial charge in [-0.3, -0.25) is 19.2 Å². The molecule has 9 nitrogen and oxygen atoms in total. The average Bonchev–Trinajstić information content (AvgIpc) is 3.31. The Morgan fingerprint density at radius 1 is 1.05 bits per heavy atom. The highest BCUT2D eigenvalue weighted by Crippen LogP contribution is 2.31. The molecule has 1 atom stereocenters. The third-order valence-corrected chi connectivity index (χ3v) is 7.21. The fourth-order valence-electron chi connectivity index (χ4n) is 5.37. The van der Waals surface area contributed by atoms with Gasteiger partial charge in [-0.15, -0.1) is 0 Å². The van der Waals surface area contributed by atoms with Gasteiger partial charge in [0.25, 0.3) is 5.91 Å². The summed E-state index contributed by atoms with van der Waals surface area (Å²) in [5.74, 6) is -0.599.